The number of rotatable bonds is 3. The third-order valence-corrected chi connectivity index (χ3v) is 2.25. The Morgan fingerprint density at radius 1 is 1.12 bits per heavy atom. The Morgan fingerprint density at radius 3 is 2.19 bits per heavy atom. The van der Waals surface area contributed by atoms with Crippen molar-refractivity contribution in [1.29, 1.82) is 0 Å². The van der Waals surface area contributed by atoms with Gasteiger partial charge in [-0.15, -0.1) is 0 Å². The first-order valence-electron chi connectivity index (χ1n) is 5.71. The minimum Gasteiger partial charge on any atom is -0.493 e. The van der Waals surface area contributed by atoms with E-state index in [0.29, 0.717) is 5.92 Å². The highest BCUT2D eigenvalue weighted by atomic mass is 16.5. The third-order valence-electron chi connectivity index (χ3n) is 2.25. The van der Waals surface area contributed by atoms with E-state index in [-0.39, 0.29) is 5.60 Å². The van der Waals surface area contributed by atoms with Gasteiger partial charge in [0.25, 0.3) is 0 Å². The molecule has 90 valence electrons. The molecule has 0 aliphatic heterocycles. The fourth-order valence-corrected chi connectivity index (χ4v) is 1.62. The van der Waals surface area contributed by atoms with Crippen molar-refractivity contribution in [2.45, 2.75) is 46.1 Å². The van der Waals surface area contributed by atoms with E-state index in [2.05, 4.69) is 19.9 Å². The van der Waals surface area contributed by atoms with Crippen molar-refractivity contribution in [2.24, 2.45) is 0 Å². The Balaban J connectivity index is 3.14. The number of para-hydroxylation sites is 1. The van der Waals surface area contributed by atoms with E-state index in [9.17, 15) is 0 Å². The minimum atomic E-state index is -0.205. The van der Waals surface area contributed by atoms with E-state index in [0.717, 1.165) is 11.5 Å². The van der Waals surface area contributed by atoms with E-state index in [1.54, 1.807) is 7.11 Å². The molecular formula is C14H22O2. The van der Waals surface area contributed by atoms with Gasteiger partial charge in [-0.1, -0.05) is 26.0 Å². The highest BCUT2D eigenvalue weighted by molar-refractivity contribution is 5.48. The molecule has 0 fully saturated rings. The van der Waals surface area contributed by atoms with Crippen LogP contribution in [0, 0.1) is 0 Å². The Kier molecular flexibility index (Phi) is 3.84. The van der Waals surface area contributed by atoms with Crippen molar-refractivity contribution >= 4 is 0 Å². The summed E-state index contributed by atoms with van der Waals surface area (Å²) >= 11 is 0. The average molecular weight is 222 g/mol. The maximum absolute atomic E-state index is 5.89. The molecule has 0 aliphatic rings. The zero-order chi connectivity index (χ0) is 12.3. The van der Waals surface area contributed by atoms with Gasteiger partial charge in [-0.2, -0.15) is 0 Å². The van der Waals surface area contributed by atoms with Crippen LogP contribution in [0.4, 0.5) is 0 Å². The molecule has 0 N–H and O–H groups in total. The van der Waals surface area contributed by atoms with E-state index >= 15 is 0 Å². The summed E-state index contributed by atoms with van der Waals surface area (Å²) in [7, 11) is 1.69. The quantitative estimate of drug-likeness (QED) is 0.769. The minimum absolute atomic E-state index is 0.205. The first kappa shape index (κ1) is 12.9. The number of hydrogen-bond acceptors (Lipinski definition) is 2. The molecule has 0 radical (unpaired) electrons. The van der Waals surface area contributed by atoms with E-state index < -0.39 is 0 Å². The molecule has 0 atom stereocenters. The lowest BCUT2D eigenvalue weighted by molar-refractivity contribution is 0.125. The molecule has 0 saturated carbocycles. The maximum Gasteiger partial charge on any atom is 0.164 e. The predicted molar refractivity (Wildman–Crippen MR) is 67.5 cm³/mol. The maximum atomic E-state index is 5.89. The van der Waals surface area contributed by atoms with Gasteiger partial charge in [-0.3, -0.25) is 0 Å². The topological polar surface area (TPSA) is 18.5 Å². The Morgan fingerprint density at radius 2 is 1.75 bits per heavy atom. The summed E-state index contributed by atoms with van der Waals surface area (Å²) in [5, 5.41) is 0. The lowest BCUT2D eigenvalue weighted by atomic mass is 10.0. The Hall–Kier alpha value is -1.18. The highest BCUT2D eigenvalue weighted by Gasteiger charge is 2.18. The molecule has 2 heteroatoms. The van der Waals surface area contributed by atoms with Gasteiger partial charge >= 0.3 is 0 Å². The van der Waals surface area contributed by atoms with Crippen LogP contribution in [0.2, 0.25) is 0 Å². The van der Waals surface area contributed by atoms with Gasteiger partial charge in [0.2, 0.25) is 0 Å². The second kappa shape index (κ2) is 4.77. The van der Waals surface area contributed by atoms with Crippen LogP contribution in [0.5, 0.6) is 11.5 Å². The van der Waals surface area contributed by atoms with Gasteiger partial charge in [-0.25, -0.2) is 0 Å². The van der Waals surface area contributed by atoms with Gasteiger partial charge in [0, 0.05) is 5.56 Å². The smallest absolute Gasteiger partial charge is 0.164 e. The van der Waals surface area contributed by atoms with Gasteiger partial charge in [-0.05, 0) is 32.8 Å². The van der Waals surface area contributed by atoms with Gasteiger partial charge < -0.3 is 9.47 Å². The summed E-state index contributed by atoms with van der Waals surface area (Å²) in [4.78, 5) is 0. The molecular weight excluding hydrogens is 200 g/mol. The van der Waals surface area contributed by atoms with Gasteiger partial charge in [0.05, 0.1) is 7.11 Å². The zero-order valence-corrected chi connectivity index (χ0v) is 11.1. The Bertz CT molecular complexity index is 348. The summed E-state index contributed by atoms with van der Waals surface area (Å²) in [6.07, 6.45) is 0. The van der Waals surface area contributed by atoms with Crippen molar-refractivity contribution in [3.63, 3.8) is 0 Å². The normalized spacial score (nSPS) is 11.7. The second-order valence-corrected chi connectivity index (χ2v) is 5.25. The number of hydrogen-bond donors (Lipinski definition) is 0. The molecule has 0 unspecified atom stereocenters. The number of benzene rings is 1. The molecule has 1 aromatic rings. The molecule has 16 heavy (non-hydrogen) atoms. The average Bonchev–Trinajstić information content (AvgIpc) is 2.14. The van der Waals surface area contributed by atoms with Crippen molar-refractivity contribution in [1.82, 2.24) is 0 Å². The van der Waals surface area contributed by atoms with Crippen LogP contribution in [0.15, 0.2) is 18.2 Å². The molecule has 0 bridgehead atoms. The second-order valence-electron chi connectivity index (χ2n) is 5.25. The summed E-state index contributed by atoms with van der Waals surface area (Å²) < 4.78 is 11.3. The largest absolute Gasteiger partial charge is 0.493 e. The molecule has 0 amide bonds. The predicted octanol–water partition coefficient (Wildman–Crippen LogP) is 4.00. The van der Waals surface area contributed by atoms with Crippen molar-refractivity contribution in [3.05, 3.63) is 23.8 Å². The van der Waals surface area contributed by atoms with Crippen LogP contribution in [0.3, 0.4) is 0 Å². The fourth-order valence-electron chi connectivity index (χ4n) is 1.62. The van der Waals surface area contributed by atoms with Gasteiger partial charge in [0.15, 0.2) is 11.5 Å². The van der Waals surface area contributed by atoms with Gasteiger partial charge in [0.1, 0.15) is 5.60 Å². The number of methoxy groups -OCH3 is 1. The van der Waals surface area contributed by atoms with Crippen LogP contribution in [0.25, 0.3) is 0 Å². The van der Waals surface area contributed by atoms with Crippen molar-refractivity contribution in [3.8, 4) is 11.5 Å². The third kappa shape index (κ3) is 3.16. The molecule has 0 spiro atoms. The molecule has 1 rings (SSSR count). The monoisotopic (exact) mass is 222 g/mol. The zero-order valence-electron chi connectivity index (χ0n) is 11.1. The number of ether oxygens (including phenoxy) is 2. The highest BCUT2D eigenvalue weighted by Crippen LogP contribution is 2.36. The lowest BCUT2D eigenvalue weighted by Crippen LogP contribution is -2.23. The Labute approximate surface area is 98.6 Å². The summed E-state index contributed by atoms with van der Waals surface area (Å²) in [6, 6.07) is 6.05. The first-order chi connectivity index (χ1) is 7.35. The SMILES string of the molecule is COc1c(OC(C)(C)C)cccc1C(C)C. The van der Waals surface area contributed by atoms with Crippen LogP contribution in [-0.2, 0) is 0 Å². The van der Waals surface area contributed by atoms with Crippen molar-refractivity contribution < 1.29 is 9.47 Å². The molecule has 0 aromatic heterocycles. The van der Waals surface area contributed by atoms with Crippen LogP contribution < -0.4 is 9.47 Å². The van der Waals surface area contributed by atoms with Crippen molar-refractivity contribution in [2.75, 3.05) is 7.11 Å². The van der Waals surface area contributed by atoms with E-state index in [1.165, 1.54) is 5.56 Å². The molecule has 1 aromatic carbocycles. The molecule has 0 saturated heterocycles. The van der Waals surface area contributed by atoms with Crippen LogP contribution >= 0.6 is 0 Å². The summed E-state index contributed by atoms with van der Waals surface area (Å²) in [5.41, 5.74) is 0.979. The van der Waals surface area contributed by atoms with E-state index in [4.69, 9.17) is 9.47 Å². The molecule has 0 heterocycles. The first-order valence-corrected chi connectivity index (χ1v) is 5.71. The standard InChI is InChI=1S/C14H22O2/c1-10(2)11-8-7-9-12(13(11)15-6)16-14(3,4)5/h7-10H,1-6H3. The lowest BCUT2D eigenvalue weighted by Gasteiger charge is -2.24. The van der Waals surface area contributed by atoms with Crippen LogP contribution in [-0.4, -0.2) is 12.7 Å². The fraction of sp³-hybridized carbons (Fsp3) is 0.571. The van der Waals surface area contributed by atoms with E-state index in [1.807, 2.05) is 32.9 Å². The molecule has 0 aliphatic carbocycles. The summed E-state index contributed by atoms with van der Waals surface area (Å²) in [6.45, 7) is 10.4. The summed E-state index contributed by atoms with van der Waals surface area (Å²) in [5.74, 6) is 2.10. The van der Waals surface area contributed by atoms with Crippen LogP contribution in [0.1, 0.15) is 46.1 Å². The molecule has 2 nitrogen and oxygen atoms in total.